The second-order valence-electron chi connectivity index (χ2n) is 5.60. The van der Waals surface area contributed by atoms with Gasteiger partial charge in [0, 0.05) is 23.9 Å². The predicted molar refractivity (Wildman–Crippen MR) is 87.5 cm³/mol. The molecule has 0 bridgehead atoms. The van der Waals surface area contributed by atoms with Crippen molar-refractivity contribution in [2.45, 2.75) is 12.7 Å². The lowest BCUT2D eigenvalue weighted by Crippen LogP contribution is -2.27. The zero-order valence-electron chi connectivity index (χ0n) is 13.8. The van der Waals surface area contributed by atoms with Crippen molar-refractivity contribution in [3.63, 3.8) is 0 Å². The number of aromatic nitrogens is 1. The number of carbonyl (C=O) groups is 2. The number of anilines is 1. The highest BCUT2D eigenvalue weighted by molar-refractivity contribution is 5.98. The molecule has 2 amide bonds. The van der Waals surface area contributed by atoms with Gasteiger partial charge < -0.3 is 20.1 Å². The van der Waals surface area contributed by atoms with E-state index in [1.165, 1.54) is 36.5 Å². The molecule has 0 radical (unpaired) electrons. The maximum Gasteiger partial charge on any atom is 0.422 e. The zero-order chi connectivity index (χ0) is 19.4. The molecular weight excluding hydrogens is 367 g/mol. The van der Waals surface area contributed by atoms with Crippen LogP contribution in [0.1, 0.15) is 15.9 Å². The number of halogens is 3. The number of amides is 2. The smallest absolute Gasteiger partial charge is 0.422 e. The molecule has 2 aromatic rings. The van der Waals surface area contributed by atoms with Crippen LogP contribution in [0.5, 0.6) is 11.6 Å². The van der Waals surface area contributed by atoms with Crippen LogP contribution in [0.3, 0.4) is 0 Å². The SMILES string of the molecule is O=C1COc2cc(C(=O)NCc3cccnc3OCC(F)(F)F)ccc2N1. The second-order valence-corrected chi connectivity index (χ2v) is 5.60. The Bertz CT molecular complexity index is 871. The maximum absolute atomic E-state index is 12.3. The molecule has 1 aromatic heterocycles. The molecule has 2 N–H and O–H groups in total. The van der Waals surface area contributed by atoms with Crippen molar-refractivity contribution >= 4 is 17.5 Å². The Morgan fingerprint density at radius 2 is 2.15 bits per heavy atom. The van der Waals surface area contributed by atoms with Crippen molar-refractivity contribution in [3.05, 3.63) is 47.7 Å². The molecule has 0 fully saturated rings. The first kappa shape index (κ1) is 18.5. The molecule has 10 heteroatoms. The van der Waals surface area contributed by atoms with Gasteiger partial charge in [-0.3, -0.25) is 9.59 Å². The molecule has 3 rings (SSSR count). The molecule has 0 saturated heterocycles. The molecular formula is C17H14F3N3O4. The van der Waals surface area contributed by atoms with Gasteiger partial charge in [-0.05, 0) is 24.3 Å². The summed E-state index contributed by atoms with van der Waals surface area (Å²) in [5.41, 5.74) is 1.03. The van der Waals surface area contributed by atoms with Gasteiger partial charge in [-0.25, -0.2) is 4.98 Å². The zero-order valence-corrected chi connectivity index (χ0v) is 13.8. The molecule has 2 heterocycles. The summed E-state index contributed by atoms with van der Waals surface area (Å²) in [5.74, 6) is -0.601. The summed E-state index contributed by atoms with van der Waals surface area (Å²) in [6.45, 7) is -1.69. The number of nitrogens with one attached hydrogen (secondary N) is 2. The van der Waals surface area contributed by atoms with Crippen LogP contribution in [-0.4, -0.2) is 36.2 Å². The molecule has 0 spiro atoms. The predicted octanol–water partition coefficient (Wildman–Crippen LogP) is 2.28. The lowest BCUT2D eigenvalue weighted by atomic mass is 10.1. The van der Waals surface area contributed by atoms with Crippen LogP contribution in [0.25, 0.3) is 0 Å². The molecule has 27 heavy (non-hydrogen) atoms. The number of hydrogen-bond acceptors (Lipinski definition) is 5. The van der Waals surface area contributed by atoms with Crippen molar-refractivity contribution in [2.24, 2.45) is 0 Å². The number of benzene rings is 1. The van der Waals surface area contributed by atoms with Crippen molar-refractivity contribution in [2.75, 3.05) is 18.5 Å². The molecule has 0 saturated carbocycles. The summed E-state index contributed by atoms with van der Waals surface area (Å²) >= 11 is 0. The number of nitrogens with zero attached hydrogens (tertiary/aromatic N) is 1. The molecule has 0 atom stereocenters. The van der Waals surface area contributed by atoms with E-state index in [0.717, 1.165) is 0 Å². The number of pyridine rings is 1. The van der Waals surface area contributed by atoms with E-state index < -0.39 is 18.7 Å². The molecule has 1 aliphatic heterocycles. The summed E-state index contributed by atoms with van der Waals surface area (Å²) < 4.78 is 46.9. The molecule has 0 unspecified atom stereocenters. The third-order valence-electron chi connectivity index (χ3n) is 3.54. The van der Waals surface area contributed by atoms with E-state index in [9.17, 15) is 22.8 Å². The Hall–Kier alpha value is -3.30. The van der Waals surface area contributed by atoms with Crippen molar-refractivity contribution < 1.29 is 32.2 Å². The minimum absolute atomic E-state index is 0.0749. The Labute approximate surface area is 151 Å². The van der Waals surface area contributed by atoms with Crippen LogP contribution in [-0.2, 0) is 11.3 Å². The van der Waals surface area contributed by atoms with Crippen LogP contribution < -0.4 is 20.1 Å². The van der Waals surface area contributed by atoms with Crippen molar-refractivity contribution in [1.82, 2.24) is 10.3 Å². The topological polar surface area (TPSA) is 89.6 Å². The first-order valence-corrected chi connectivity index (χ1v) is 7.80. The van der Waals surface area contributed by atoms with E-state index >= 15 is 0 Å². The van der Waals surface area contributed by atoms with Crippen LogP contribution in [0.15, 0.2) is 36.5 Å². The summed E-state index contributed by atoms with van der Waals surface area (Å²) in [6.07, 6.45) is -3.19. The van der Waals surface area contributed by atoms with E-state index in [1.54, 1.807) is 0 Å². The summed E-state index contributed by atoms with van der Waals surface area (Å²) in [4.78, 5) is 27.3. The maximum atomic E-state index is 12.3. The van der Waals surface area contributed by atoms with E-state index in [2.05, 4.69) is 20.4 Å². The second kappa shape index (κ2) is 7.52. The van der Waals surface area contributed by atoms with Gasteiger partial charge in [0.2, 0.25) is 5.88 Å². The van der Waals surface area contributed by atoms with Gasteiger partial charge in [0.1, 0.15) is 5.75 Å². The van der Waals surface area contributed by atoms with Crippen LogP contribution in [0.4, 0.5) is 18.9 Å². The van der Waals surface area contributed by atoms with Gasteiger partial charge in [-0.1, -0.05) is 6.07 Å². The minimum atomic E-state index is -4.49. The highest BCUT2D eigenvalue weighted by atomic mass is 19.4. The highest BCUT2D eigenvalue weighted by Crippen LogP contribution is 2.28. The van der Waals surface area contributed by atoms with E-state index in [1.807, 2.05) is 0 Å². The number of ether oxygens (including phenoxy) is 2. The summed E-state index contributed by atoms with van der Waals surface area (Å²) in [6, 6.07) is 7.52. The van der Waals surface area contributed by atoms with Crippen LogP contribution >= 0.6 is 0 Å². The molecule has 142 valence electrons. The standard InChI is InChI=1S/C17H14F3N3O4/c18-17(19,20)9-27-16-11(2-1-5-21-16)7-22-15(25)10-3-4-12-13(6-10)26-8-14(24)23-12/h1-6H,7-9H2,(H,22,25)(H,23,24). The number of carbonyl (C=O) groups excluding carboxylic acids is 2. The van der Waals surface area contributed by atoms with Crippen molar-refractivity contribution in [1.29, 1.82) is 0 Å². The quantitative estimate of drug-likeness (QED) is 0.830. The first-order chi connectivity index (χ1) is 12.8. The average Bonchev–Trinajstić information content (AvgIpc) is 2.64. The fourth-order valence-corrected chi connectivity index (χ4v) is 2.33. The monoisotopic (exact) mass is 381 g/mol. The average molecular weight is 381 g/mol. The molecule has 7 nitrogen and oxygen atoms in total. The lowest BCUT2D eigenvalue weighted by Gasteiger charge is -2.18. The van der Waals surface area contributed by atoms with E-state index in [4.69, 9.17) is 4.74 Å². The van der Waals surface area contributed by atoms with Gasteiger partial charge in [0.15, 0.2) is 13.2 Å². The van der Waals surface area contributed by atoms with Gasteiger partial charge in [-0.15, -0.1) is 0 Å². The van der Waals surface area contributed by atoms with Crippen LogP contribution in [0, 0.1) is 0 Å². The fraction of sp³-hybridized carbons (Fsp3) is 0.235. The van der Waals surface area contributed by atoms with Gasteiger partial charge >= 0.3 is 6.18 Å². The van der Waals surface area contributed by atoms with Gasteiger partial charge in [-0.2, -0.15) is 13.2 Å². The first-order valence-electron chi connectivity index (χ1n) is 7.80. The number of hydrogen-bond donors (Lipinski definition) is 2. The number of rotatable bonds is 5. The van der Waals surface area contributed by atoms with E-state index in [-0.39, 0.29) is 30.5 Å². The Morgan fingerprint density at radius 3 is 2.93 bits per heavy atom. The Morgan fingerprint density at radius 1 is 1.33 bits per heavy atom. The Balaban J connectivity index is 1.65. The Kier molecular flexibility index (Phi) is 5.15. The number of fused-ring (bicyclic) bond motifs is 1. The molecule has 1 aromatic carbocycles. The summed E-state index contributed by atoms with van der Waals surface area (Å²) in [7, 11) is 0. The van der Waals surface area contributed by atoms with Crippen LogP contribution in [0.2, 0.25) is 0 Å². The molecule has 1 aliphatic rings. The van der Waals surface area contributed by atoms with Gasteiger partial charge in [0.25, 0.3) is 11.8 Å². The van der Waals surface area contributed by atoms with Crippen molar-refractivity contribution in [3.8, 4) is 11.6 Å². The normalized spacial score (nSPS) is 13.2. The lowest BCUT2D eigenvalue weighted by molar-refractivity contribution is -0.154. The highest BCUT2D eigenvalue weighted by Gasteiger charge is 2.29. The fourth-order valence-electron chi connectivity index (χ4n) is 2.33. The third kappa shape index (κ3) is 4.87. The third-order valence-corrected chi connectivity index (χ3v) is 3.54. The number of alkyl halides is 3. The molecule has 0 aliphatic carbocycles. The largest absolute Gasteiger partial charge is 0.482 e. The van der Waals surface area contributed by atoms with Gasteiger partial charge in [0.05, 0.1) is 5.69 Å². The summed E-state index contributed by atoms with van der Waals surface area (Å²) in [5, 5.41) is 5.19. The van der Waals surface area contributed by atoms with E-state index in [0.29, 0.717) is 17.0 Å². The minimum Gasteiger partial charge on any atom is -0.482 e.